The predicted molar refractivity (Wildman–Crippen MR) is 139 cm³/mol. The highest BCUT2D eigenvalue weighted by Gasteiger charge is 2.37. The Morgan fingerprint density at radius 1 is 0.973 bits per heavy atom. The zero-order chi connectivity index (χ0) is 25.6. The summed E-state index contributed by atoms with van der Waals surface area (Å²) in [6.45, 7) is 0.131. The number of anilines is 1. The molecule has 6 nitrogen and oxygen atoms in total. The van der Waals surface area contributed by atoms with Crippen LogP contribution in [0.25, 0.3) is 0 Å². The lowest BCUT2D eigenvalue weighted by atomic mass is 9.85. The lowest BCUT2D eigenvalue weighted by Crippen LogP contribution is -2.51. The SMILES string of the molecule is O=C(Nc1ccc2c(c1)OCO2)C(C1CC=CCC1)N(Cc1ccccc1F)C(=O)Cc1ccccc1. The van der Waals surface area contributed by atoms with E-state index in [2.05, 4.69) is 17.5 Å². The molecule has 1 N–H and O–H groups in total. The van der Waals surface area contributed by atoms with Crippen molar-refractivity contribution in [2.24, 2.45) is 5.92 Å². The lowest BCUT2D eigenvalue weighted by Gasteiger charge is -2.37. The highest BCUT2D eigenvalue weighted by atomic mass is 19.1. The Hall–Kier alpha value is -4.13. The number of nitrogens with one attached hydrogen (secondary N) is 1. The van der Waals surface area contributed by atoms with E-state index in [-0.39, 0.29) is 37.5 Å². The number of halogens is 1. The number of hydrogen-bond acceptors (Lipinski definition) is 4. The maximum absolute atomic E-state index is 14.7. The average Bonchev–Trinajstić information content (AvgIpc) is 3.38. The Morgan fingerprint density at radius 2 is 1.76 bits per heavy atom. The molecule has 0 bridgehead atoms. The van der Waals surface area contributed by atoms with Gasteiger partial charge in [0.2, 0.25) is 18.6 Å². The molecule has 5 rings (SSSR count). The summed E-state index contributed by atoms with van der Waals surface area (Å²) in [4.78, 5) is 29.2. The fourth-order valence-corrected chi connectivity index (χ4v) is 4.93. The highest BCUT2D eigenvalue weighted by Crippen LogP contribution is 2.35. The fourth-order valence-electron chi connectivity index (χ4n) is 4.93. The Balaban J connectivity index is 1.48. The topological polar surface area (TPSA) is 67.9 Å². The van der Waals surface area contributed by atoms with Crippen molar-refractivity contribution < 1.29 is 23.5 Å². The quantitative estimate of drug-likeness (QED) is 0.416. The number of amides is 2. The van der Waals surface area contributed by atoms with Crippen LogP contribution in [0.15, 0.2) is 84.9 Å². The van der Waals surface area contributed by atoms with Crippen LogP contribution in [0.3, 0.4) is 0 Å². The fraction of sp³-hybridized carbons (Fsp3) is 0.267. The third-order valence-corrected chi connectivity index (χ3v) is 6.82. The van der Waals surface area contributed by atoms with E-state index >= 15 is 0 Å². The summed E-state index contributed by atoms with van der Waals surface area (Å²) in [5, 5.41) is 2.98. The minimum atomic E-state index is -0.786. The van der Waals surface area contributed by atoms with Gasteiger partial charge in [-0.15, -0.1) is 0 Å². The summed E-state index contributed by atoms with van der Waals surface area (Å²) in [6, 6.07) is 20.2. The maximum atomic E-state index is 14.7. The molecule has 1 aliphatic carbocycles. The van der Waals surface area contributed by atoms with Gasteiger partial charge in [-0.05, 0) is 48.9 Å². The lowest BCUT2D eigenvalue weighted by molar-refractivity contribution is -0.141. The zero-order valence-corrected chi connectivity index (χ0v) is 20.4. The van der Waals surface area contributed by atoms with Gasteiger partial charge in [-0.25, -0.2) is 4.39 Å². The van der Waals surface area contributed by atoms with Gasteiger partial charge in [-0.3, -0.25) is 9.59 Å². The summed E-state index contributed by atoms with van der Waals surface area (Å²) in [5.74, 6) is 0.125. The number of allylic oxidation sites excluding steroid dienone is 2. The van der Waals surface area contributed by atoms with Crippen LogP contribution in [0.2, 0.25) is 0 Å². The number of nitrogens with zero attached hydrogens (tertiary/aromatic N) is 1. The molecule has 0 aromatic heterocycles. The van der Waals surface area contributed by atoms with Gasteiger partial charge in [0.15, 0.2) is 11.5 Å². The van der Waals surface area contributed by atoms with Crippen molar-refractivity contribution in [2.45, 2.75) is 38.3 Å². The van der Waals surface area contributed by atoms with Gasteiger partial charge in [0.05, 0.1) is 6.42 Å². The van der Waals surface area contributed by atoms with E-state index in [0.29, 0.717) is 29.2 Å². The van der Waals surface area contributed by atoms with Crippen molar-refractivity contribution in [3.63, 3.8) is 0 Å². The second-order valence-electron chi connectivity index (χ2n) is 9.32. The van der Waals surface area contributed by atoms with Crippen LogP contribution in [0.1, 0.15) is 30.4 Å². The first-order valence-electron chi connectivity index (χ1n) is 12.5. The first-order valence-corrected chi connectivity index (χ1v) is 12.5. The molecule has 1 aliphatic heterocycles. The number of ether oxygens (including phenoxy) is 2. The summed E-state index contributed by atoms with van der Waals surface area (Å²) < 4.78 is 25.6. The third kappa shape index (κ3) is 5.82. The van der Waals surface area contributed by atoms with E-state index in [9.17, 15) is 14.0 Å². The standard InChI is InChI=1S/C30H29FN2O4/c31-25-14-8-7-13-23(25)19-33(28(34)17-21-9-3-1-4-10-21)29(22-11-5-2-6-12-22)30(35)32-24-15-16-26-27(18-24)37-20-36-26/h1-5,7-10,13-16,18,22,29H,6,11-12,17,19-20H2,(H,32,35). The predicted octanol–water partition coefficient (Wildman–Crippen LogP) is 5.49. The van der Waals surface area contributed by atoms with E-state index in [0.717, 1.165) is 18.4 Å². The molecule has 2 aliphatic rings. The zero-order valence-electron chi connectivity index (χ0n) is 20.4. The minimum Gasteiger partial charge on any atom is -0.454 e. The molecule has 2 unspecified atom stereocenters. The van der Waals surface area contributed by atoms with E-state index in [4.69, 9.17) is 9.47 Å². The van der Waals surface area contributed by atoms with Crippen LogP contribution in [-0.2, 0) is 22.6 Å². The van der Waals surface area contributed by atoms with Gasteiger partial charge in [-0.2, -0.15) is 0 Å². The van der Waals surface area contributed by atoms with Crippen LogP contribution < -0.4 is 14.8 Å². The summed E-state index contributed by atoms with van der Waals surface area (Å²) >= 11 is 0. The summed E-state index contributed by atoms with van der Waals surface area (Å²) in [6.07, 6.45) is 6.49. The Morgan fingerprint density at radius 3 is 2.54 bits per heavy atom. The van der Waals surface area contributed by atoms with E-state index in [1.807, 2.05) is 30.3 Å². The molecule has 2 atom stereocenters. The third-order valence-electron chi connectivity index (χ3n) is 6.82. The highest BCUT2D eigenvalue weighted by molar-refractivity contribution is 5.98. The van der Waals surface area contributed by atoms with Crippen molar-refractivity contribution in [3.8, 4) is 11.5 Å². The molecule has 0 saturated heterocycles. The second kappa shape index (κ2) is 11.3. The molecule has 0 fully saturated rings. The molecule has 2 amide bonds. The van der Waals surface area contributed by atoms with E-state index in [1.54, 1.807) is 41.3 Å². The molecule has 190 valence electrons. The van der Waals surface area contributed by atoms with Crippen LogP contribution in [-0.4, -0.2) is 29.5 Å². The normalized spacial score (nSPS) is 16.7. The molecule has 0 radical (unpaired) electrons. The largest absolute Gasteiger partial charge is 0.454 e. The van der Waals surface area contributed by atoms with Crippen molar-refractivity contribution in [1.29, 1.82) is 0 Å². The second-order valence-corrected chi connectivity index (χ2v) is 9.32. The van der Waals surface area contributed by atoms with Crippen LogP contribution in [0, 0.1) is 11.7 Å². The van der Waals surface area contributed by atoms with Crippen molar-refractivity contribution in [2.75, 3.05) is 12.1 Å². The molecule has 1 heterocycles. The summed E-state index contributed by atoms with van der Waals surface area (Å²) in [5.41, 5.74) is 1.76. The van der Waals surface area contributed by atoms with E-state index < -0.39 is 11.9 Å². The average molecular weight is 501 g/mol. The van der Waals surface area contributed by atoms with Gasteiger partial charge >= 0.3 is 0 Å². The number of benzene rings is 3. The molecule has 37 heavy (non-hydrogen) atoms. The first-order chi connectivity index (χ1) is 18.1. The number of carbonyl (C=O) groups excluding carboxylic acids is 2. The van der Waals surface area contributed by atoms with Gasteiger partial charge < -0.3 is 19.7 Å². The molecule has 0 spiro atoms. The number of carbonyl (C=O) groups is 2. The minimum absolute atomic E-state index is 0.00220. The van der Waals surface area contributed by atoms with Crippen molar-refractivity contribution >= 4 is 17.5 Å². The van der Waals surface area contributed by atoms with Crippen LogP contribution in [0.4, 0.5) is 10.1 Å². The molecule has 0 saturated carbocycles. The van der Waals surface area contributed by atoms with Gasteiger partial charge in [-0.1, -0.05) is 60.7 Å². The smallest absolute Gasteiger partial charge is 0.247 e. The molecular weight excluding hydrogens is 471 g/mol. The molecule has 3 aromatic rings. The Bertz CT molecular complexity index is 1290. The van der Waals surface area contributed by atoms with E-state index in [1.165, 1.54) is 6.07 Å². The van der Waals surface area contributed by atoms with Crippen molar-refractivity contribution in [3.05, 3.63) is 102 Å². The number of fused-ring (bicyclic) bond motifs is 1. The summed E-state index contributed by atoms with van der Waals surface area (Å²) in [7, 11) is 0. The number of hydrogen-bond donors (Lipinski definition) is 1. The number of rotatable bonds is 8. The van der Waals surface area contributed by atoms with Crippen LogP contribution >= 0.6 is 0 Å². The Labute approximate surface area is 215 Å². The van der Waals surface area contributed by atoms with Crippen molar-refractivity contribution in [1.82, 2.24) is 4.90 Å². The molecular formula is C30H29FN2O4. The molecule has 3 aromatic carbocycles. The molecule has 7 heteroatoms. The Kier molecular flexibility index (Phi) is 7.49. The van der Waals surface area contributed by atoms with Gasteiger partial charge in [0.1, 0.15) is 11.9 Å². The van der Waals surface area contributed by atoms with Crippen LogP contribution in [0.5, 0.6) is 11.5 Å². The van der Waals surface area contributed by atoms with Gasteiger partial charge in [0.25, 0.3) is 0 Å². The van der Waals surface area contributed by atoms with Gasteiger partial charge in [0, 0.05) is 23.9 Å². The maximum Gasteiger partial charge on any atom is 0.247 e. The first kappa shape index (κ1) is 24.6. The monoisotopic (exact) mass is 500 g/mol.